The second-order valence-corrected chi connectivity index (χ2v) is 9.21. The number of rotatable bonds is 10. The SMILES string of the molecule is COc1cc(C(NC(C)=O)C2CCN(CCCC(=O)O)CC2)ccc1NC(=O)Nc1ccccc1C. The van der Waals surface area contributed by atoms with E-state index in [2.05, 4.69) is 20.9 Å². The minimum atomic E-state index is -0.768. The summed E-state index contributed by atoms with van der Waals surface area (Å²) >= 11 is 0. The van der Waals surface area contributed by atoms with E-state index in [9.17, 15) is 14.4 Å². The number of methoxy groups -OCH3 is 1. The summed E-state index contributed by atoms with van der Waals surface area (Å²) in [5, 5.41) is 17.7. The summed E-state index contributed by atoms with van der Waals surface area (Å²) in [6, 6.07) is 12.5. The number of aliphatic carboxylic acids is 1. The molecule has 0 bridgehead atoms. The number of carbonyl (C=O) groups is 3. The average molecular weight is 497 g/mol. The van der Waals surface area contributed by atoms with Crippen LogP contribution in [-0.2, 0) is 9.59 Å². The van der Waals surface area contributed by atoms with Gasteiger partial charge in [0.1, 0.15) is 5.75 Å². The zero-order chi connectivity index (χ0) is 26.1. The van der Waals surface area contributed by atoms with Gasteiger partial charge in [-0.1, -0.05) is 24.3 Å². The predicted octanol–water partition coefficient (Wildman–Crippen LogP) is 4.40. The molecule has 2 aromatic carbocycles. The van der Waals surface area contributed by atoms with Crippen molar-refractivity contribution in [3.05, 3.63) is 53.6 Å². The van der Waals surface area contributed by atoms with E-state index >= 15 is 0 Å². The Morgan fingerprint density at radius 1 is 1.08 bits per heavy atom. The zero-order valence-electron chi connectivity index (χ0n) is 21.2. The molecule has 1 heterocycles. The molecule has 3 rings (SSSR count). The van der Waals surface area contributed by atoms with Gasteiger partial charge in [-0.25, -0.2) is 4.79 Å². The van der Waals surface area contributed by atoms with Gasteiger partial charge in [-0.15, -0.1) is 0 Å². The highest BCUT2D eigenvalue weighted by Crippen LogP contribution is 2.35. The van der Waals surface area contributed by atoms with E-state index in [1.807, 2.05) is 43.3 Å². The van der Waals surface area contributed by atoms with Crippen LogP contribution in [0.3, 0.4) is 0 Å². The lowest BCUT2D eigenvalue weighted by Crippen LogP contribution is -2.40. The van der Waals surface area contributed by atoms with Gasteiger partial charge in [0.05, 0.1) is 18.8 Å². The van der Waals surface area contributed by atoms with Gasteiger partial charge in [0.2, 0.25) is 5.91 Å². The molecule has 1 aliphatic heterocycles. The molecule has 1 atom stereocenters. The maximum absolute atomic E-state index is 12.6. The summed E-state index contributed by atoms with van der Waals surface area (Å²) in [5.74, 6) is -0.135. The number of benzene rings is 2. The van der Waals surface area contributed by atoms with E-state index in [1.54, 1.807) is 13.2 Å². The van der Waals surface area contributed by atoms with Crippen molar-refractivity contribution in [2.24, 2.45) is 5.92 Å². The Morgan fingerprint density at radius 3 is 2.42 bits per heavy atom. The van der Waals surface area contributed by atoms with Crippen LogP contribution in [-0.4, -0.2) is 54.7 Å². The van der Waals surface area contributed by atoms with Crippen molar-refractivity contribution in [1.82, 2.24) is 10.2 Å². The van der Waals surface area contributed by atoms with Crippen LogP contribution in [0.15, 0.2) is 42.5 Å². The number of nitrogens with one attached hydrogen (secondary N) is 3. The van der Waals surface area contributed by atoms with Crippen molar-refractivity contribution in [2.75, 3.05) is 37.4 Å². The molecule has 36 heavy (non-hydrogen) atoms. The molecule has 1 saturated heterocycles. The Hall–Kier alpha value is -3.59. The normalized spacial score (nSPS) is 15.1. The number of likely N-dealkylation sites (tertiary alicyclic amines) is 1. The lowest BCUT2D eigenvalue weighted by Gasteiger charge is -2.36. The molecule has 1 fully saturated rings. The van der Waals surface area contributed by atoms with E-state index in [4.69, 9.17) is 9.84 Å². The predicted molar refractivity (Wildman–Crippen MR) is 139 cm³/mol. The van der Waals surface area contributed by atoms with Crippen LogP contribution in [0.25, 0.3) is 0 Å². The number of hydrogen-bond donors (Lipinski definition) is 4. The van der Waals surface area contributed by atoms with Crippen molar-refractivity contribution in [3.63, 3.8) is 0 Å². The number of urea groups is 1. The van der Waals surface area contributed by atoms with E-state index in [1.165, 1.54) is 6.92 Å². The fourth-order valence-corrected chi connectivity index (χ4v) is 4.65. The Balaban J connectivity index is 1.68. The van der Waals surface area contributed by atoms with Crippen LogP contribution in [0, 0.1) is 12.8 Å². The number of piperidine rings is 1. The first-order chi connectivity index (χ1) is 17.3. The minimum Gasteiger partial charge on any atom is -0.495 e. The molecule has 9 heteroatoms. The highest BCUT2D eigenvalue weighted by atomic mass is 16.5. The maximum Gasteiger partial charge on any atom is 0.323 e. The molecule has 3 amide bonds. The summed E-state index contributed by atoms with van der Waals surface area (Å²) in [5.41, 5.74) is 3.13. The standard InChI is InChI=1S/C27H36N4O5/c1-18-7-4-5-8-22(18)29-27(35)30-23-11-10-21(17-24(23)36-3)26(28-19(2)32)20-12-15-31(16-13-20)14-6-9-25(33)34/h4-5,7-8,10-11,17,20,26H,6,9,12-16H2,1-3H3,(H,28,32)(H,33,34)(H2,29,30,35). The molecule has 1 aliphatic rings. The smallest absolute Gasteiger partial charge is 0.323 e. The summed E-state index contributed by atoms with van der Waals surface area (Å²) in [6.07, 6.45) is 2.59. The van der Waals surface area contributed by atoms with Crippen LogP contribution < -0.4 is 20.7 Å². The number of aryl methyl sites for hydroxylation is 1. The number of anilines is 2. The fourth-order valence-electron chi connectivity index (χ4n) is 4.65. The highest BCUT2D eigenvalue weighted by molar-refractivity contribution is 6.01. The molecule has 1 unspecified atom stereocenters. The Kier molecular flexibility index (Phi) is 9.69. The number of para-hydroxylation sites is 1. The molecule has 194 valence electrons. The first kappa shape index (κ1) is 27.0. The Bertz CT molecular complexity index is 1070. The molecule has 0 spiro atoms. The third-order valence-corrected chi connectivity index (χ3v) is 6.55. The van der Waals surface area contributed by atoms with E-state index in [0.29, 0.717) is 17.9 Å². The number of carboxylic acids is 1. The number of carboxylic acid groups (broad SMARTS) is 1. The fraction of sp³-hybridized carbons (Fsp3) is 0.444. The lowest BCUT2D eigenvalue weighted by molar-refractivity contribution is -0.137. The van der Waals surface area contributed by atoms with Gasteiger partial charge in [0, 0.05) is 19.0 Å². The number of carbonyl (C=O) groups excluding carboxylic acids is 2. The first-order valence-electron chi connectivity index (χ1n) is 12.3. The second-order valence-electron chi connectivity index (χ2n) is 9.21. The van der Waals surface area contributed by atoms with Crippen LogP contribution in [0.1, 0.15) is 49.8 Å². The molecular weight excluding hydrogens is 460 g/mol. The van der Waals surface area contributed by atoms with Crippen molar-refractivity contribution >= 4 is 29.3 Å². The number of nitrogens with zero attached hydrogens (tertiary/aromatic N) is 1. The maximum atomic E-state index is 12.6. The van der Waals surface area contributed by atoms with Crippen LogP contribution in [0.5, 0.6) is 5.75 Å². The number of hydrogen-bond acceptors (Lipinski definition) is 5. The third kappa shape index (κ3) is 7.71. The van der Waals surface area contributed by atoms with Gasteiger partial charge >= 0.3 is 12.0 Å². The molecule has 9 nitrogen and oxygen atoms in total. The second kappa shape index (κ2) is 12.9. The molecule has 0 saturated carbocycles. The van der Waals surface area contributed by atoms with E-state index in [0.717, 1.165) is 49.3 Å². The quantitative estimate of drug-likeness (QED) is 0.387. The van der Waals surface area contributed by atoms with Crippen molar-refractivity contribution in [1.29, 1.82) is 0 Å². The molecule has 2 aromatic rings. The van der Waals surface area contributed by atoms with Crippen LogP contribution >= 0.6 is 0 Å². The molecule has 4 N–H and O–H groups in total. The summed E-state index contributed by atoms with van der Waals surface area (Å²) < 4.78 is 5.57. The Labute approximate surface area is 212 Å². The first-order valence-corrected chi connectivity index (χ1v) is 12.3. The topological polar surface area (TPSA) is 120 Å². The van der Waals surface area contributed by atoms with E-state index < -0.39 is 5.97 Å². The number of ether oxygens (including phenoxy) is 1. The van der Waals surface area contributed by atoms with Gasteiger partial charge in [0.25, 0.3) is 0 Å². The summed E-state index contributed by atoms with van der Waals surface area (Å²) in [7, 11) is 1.55. The molecule has 0 aliphatic carbocycles. The van der Waals surface area contributed by atoms with Crippen LogP contribution in [0.2, 0.25) is 0 Å². The largest absolute Gasteiger partial charge is 0.495 e. The van der Waals surface area contributed by atoms with Gasteiger partial charge in [-0.2, -0.15) is 0 Å². The molecular formula is C27H36N4O5. The number of amides is 3. The summed E-state index contributed by atoms with van der Waals surface area (Å²) in [6.45, 7) is 5.92. The third-order valence-electron chi connectivity index (χ3n) is 6.55. The van der Waals surface area contributed by atoms with Crippen molar-refractivity contribution in [2.45, 2.75) is 45.6 Å². The van der Waals surface area contributed by atoms with Crippen LogP contribution in [0.4, 0.5) is 16.2 Å². The summed E-state index contributed by atoms with van der Waals surface area (Å²) in [4.78, 5) is 37.7. The van der Waals surface area contributed by atoms with Crippen molar-refractivity contribution < 1.29 is 24.2 Å². The van der Waals surface area contributed by atoms with Gasteiger partial charge in [0.15, 0.2) is 0 Å². The highest BCUT2D eigenvalue weighted by Gasteiger charge is 2.29. The molecule has 0 radical (unpaired) electrons. The van der Waals surface area contributed by atoms with Gasteiger partial charge in [-0.05, 0) is 81.1 Å². The molecule has 0 aromatic heterocycles. The average Bonchev–Trinajstić information content (AvgIpc) is 2.84. The zero-order valence-corrected chi connectivity index (χ0v) is 21.2. The monoisotopic (exact) mass is 496 g/mol. The Morgan fingerprint density at radius 2 is 1.78 bits per heavy atom. The van der Waals surface area contributed by atoms with E-state index in [-0.39, 0.29) is 30.3 Å². The lowest BCUT2D eigenvalue weighted by atomic mass is 9.85. The van der Waals surface area contributed by atoms with Gasteiger partial charge < -0.3 is 30.7 Å². The van der Waals surface area contributed by atoms with Crippen molar-refractivity contribution in [3.8, 4) is 5.75 Å². The minimum absolute atomic E-state index is 0.109. The van der Waals surface area contributed by atoms with Gasteiger partial charge in [-0.3, -0.25) is 9.59 Å².